The van der Waals surface area contributed by atoms with Crippen molar-refractivity contribution in [1.82, 2.24) is 15.2 Å². The summed E-state index contributed by atoms with van der Waals surface area (Å²) in [6.07, 6.45) is 2.11. The van der Waals surface area contributed by atoms with E-state index in [0.29, 0.717) is 5.92 Å². The summed E-state index contributed by atoms with van der Waals surface area (Å²) in [5.74, 6) is 0.458. The van der Waals surface area contributed by atoms with Crippen molar-refractivity contribution in [2.24, 2.45) is 5.92 Å². The highest BCUT2D eigenvalue weighted by Gasteiger charge is 2.35. The molecule has 0 saturated carbocycles. The van der Waals surface area contributed by atoms with Crippen molar-refractivity contribution in [3.63, 3.8) is 0 Å². The van der Waals surface area contributed by atoms with E-state index in [1.807, 2.05) is 13.8 Å². The summed E-state index contributed by atoms with van der Waals surface area (Å²) in [5, 5.41) is 7.97. The molecule has 2 unspecified atom stereocenters. The van der Waals surface area contributed by atoms with Crippen molar-refractivity contribution in [3.05, 3.63) is 107 Å². The molecular weight excluding hydrogens is 442 g/mol. The van der Waals surface area contributed by atoms with Crippen LogP contribution in [0.2, 0.25) is 0 Å². The molecule has 1 fully saturated rings. The summed E-state index contributed by atoms with van der Waals surface area (Å²) < 4.78 is 2.39. The third kappa shape index (κ3) is 4.58. The first-order valence-corrected chi connectivity index (χ1v) is 13.3. The van der Waals surface area contributed by atoms with E-state index in [1.54, 1.807) is 0 Å². The van der Waals surface area contributed by atoms with Gasteiger partial charge < -0.3 is 15.2 Å². The third-order valence-electron chi connectivity index (χ3n) is 7.53. The molecule has 36 heavy (non-hydrogen) atoms. The van der Waals surface area contributed by atoms with Gasteiger partial charge in [0, 0.05) is 34.5 Å². The smallest absolute Gasteiger partial charge is 0.268 e. The lowest BCUT2D eigenvalue weighted by Crippen LogP contribution is -2.34. The van der Waals surface area contributed by atoms with Crippen LogP contribution in [0.3, 0.4) is 0 Å². The predicted molar refractivity (Wildman–Crippen MR) is 149 cm³/mol. The number of hydrogen-bond acceptors (Lipinski definition) is 2. The average molecular weight is 480 g/mol. The number of benzene rings is 3. The Morgan fingerprint density at radius 2 is 1.56 bits per heavy atom. The maximum absolute atomic E-state index is 14.1. The molecule has 2 N–H and O–H groups in total. The summed E-state index contributed by atoms with van der Waals surface area (Å²) in [5.41, 5.74) is 5.45. The molecule has 1 aromatic heterocycles. The quantitative estimate of drug-likeness (QED) is 0.302. The van der Waals surface area contributed by atoms with E-state index in [9.17, 15) is 4.79 Å². The van der Waals surface area contributed by atoms with Gasteiger partial charge in [-0.1, -0.05) is 85.8 Å². The number of hydrogen-bond donors (Lipinski definition) is 2. The zero-order valence-electron chi connectivity index (χ0n) is 21.6. The minimum Gasteiger partial charge on any atom is -0.349 e. The van der Waals surface area contributed by atoms with E-state index in [4.69, 9.17) is 0 Å². The van der Waals surface area contributed by atoms with Crippen LogP contribution >= 0.6 is 0 Å². The molecule has 1 aliphatic rings. The van der Waals surface area contributed by atoms with Gasteiger partial charge in [-0.15, -0.1) is 0 Å². The largest absolute Gasteiger partial charge is 0.349 e. The first-order chi connectivity index (χ1) is 17.6. The lowest BCUT2D eigenvalue weighted by molar-refractivity contribution is 0.0928. The van der Waals surface area contributed by atoms with Crippen LogP contribution in [0.5, 0.6) is 0 Å². The van der Waals surface area contributed by atoms with Crippen LogP contribution < -0.4 is 10.6 Å². The van der Waals surface area contributed by atoms with E-state index >= 15 is 0 Å². The summed E-state index contributed by atoms with van der Waals surface area (Å²) in [6, 6.07) is 30.1. The van der Waals surface area contributed by atoms with Crippen LogP contribution in [-0.4, -0.2) is 29.6 Å². The molecule has 0 bridgehead atoms. The van der Waals surface area contributed by atoms with Gasteiger partial charge in [0.2, 0.25) is 0 Å². The second-order valence-electron chi connectivity index (χ2n) is 10.3. The highest BCUT2D eigenvalue weighted by atomic mass is 16.2. The number of fused-ring (bicyclic) bond motifs is 1. The van der Waals surface area contributed by atoms with E-state index < -0.39 is 0 Å². The van der Waals surface area contributed by atoms with Gasteiger partial charge in [0.1, 0.15) is 5.69 Å². The predicted octanol–water partition coefficient (Wildman–Crippen LogP) is 6.52. The number of aromatic nitrogens is 1. The molecule has 2 atom stereocenters. The van der Waals surface area contributed by atoms with E-state index in [0.717, 1.165) is 48.1 Å². The highest BCUT2D eigenvalue weighted by molar-refractivity contribution is 6.03. The molecule has 3 aromatic carbocycles. The van der Waals surface area contributed by atoms with E-state index in [2.05, 4.69) is 107 Å². The Balaban J connectivity index is 1.85. The Bertz CT molecular complexity index is 1260. The minimum absolute atomic E-state index is 0.0115. The lowest BCUT2D eigenvalue weighted by Gasteiger charge is -2.28. The van der Waals surface area contributed by atoms with Gasteiger partial charge in [-0.2, -0.15) is 0 Å². The van der Waals surface area contributed by atoms with Crippen LogP contribution in [0.4, 0.5) is 0 Å². The Labute approximate surface area is 214 Å². The van der Waals surface area contributed by atoms with Crippen LogP contribution in [0, 0.1) is 5.92 Å². The monoisotopic (exact) mass is 479 g/mol. The van der Waals surface area contributed by atoms with Crippen molar-refractivity contribution >= 4 is 16.8 Å². The Morgan fingerprint density at radius 3 is 2.11 bits per heavy atom. The molecule has 5 rings (SSSR count). The molecular formula is C32H37N3O. The zero-order valence-corrected chi connectivity index (χ0v) is 21.6. The molecule has 1 amide bonds. The van der Waals surface area contributed by atoms with Crippen LogP contribution in [-0.2, 0) is 0 Å². The Kier molecular flexibility index (Phi) is 7.24. The highest BCUT2D eigenvalue weighted by Crippen LogP contribution is 2.43. The normalized spacial score (nSPS) is 16.6. The fourth-order valence-electron chi connectivity index (χ4n) is 6.04. The molecule has 1 aliphatic heterocycles. The fourth-order valence-corrected chi connectivity index (χ4v) is 6.04. The first-order valence-electron chi connectivity index (χ1n) is 13.3. The minimum atomic E-state index is -0.0503. The summed E-state index contributed by atoms with van der Waals surface area (Å²) in [4.78, 5) is 14.1. The molecule has 186 valence electrons. The number of amides is 1. The zero-order chi connectivity index (χ0) is 25.1. The number of carbonyl (C=O) groups excluding carboxylic acids is 1. The van der Waals surface area contributed by atoms with E-state index in [-0.39, 0.29) is 23.9 Å². The Hall–Kier alpha value is -3.37. The van der Waals surface area contributed by atoms with Gasteiger partial charge in [0.05, 0.1) is 0 Å². The topological polar surface area (TPSA) is 46.1 Å². The van der Waals surface area contributed by atoms with Crippen molar-refractivity contribution in [1.29, 1.82) is 0 Å². The SMILES string of the molecule is CCC(C1CCNC1)n1c(C(=O)NC(C)C)c(C(c2ccccc2)c2ccccc2)c2ccccc21. The number of para-hydroxylation sites is 1. The van der Waals surface area contributed by atoms with Crippen molar-refractivity contribution in [3.8, 4) is 0 Å². The summed E-state index contributed by atoms with van der Waals surface area (Å²) in [6.45, 7) is 8.36. The molecule has 4 heteroatoms. The standard InChI is InChI=1S/C32H37N3O/c1-4-27(25-19-20-33-21-25)35-28-18-12-11-17-26(28)30(31(35)32(36)34-22(2)3)29(23-13-7-5-8-14-23)24-15-9-6-10-16-24/h5-18,22,25,27,29,33H,4,19-21H2,1-3H3,(H,34,36). The van der Waals surface area contributed by atoms with Gasteiger partial charge in [0.25, 0.3) is 5.91 Å². The van der Waals surface area contributed by atoms with Crippen LogP contribution in [0.25, 0.3) is 10.9 Å². The van der Waals surface area contributed by atoms with Crippen LogP contribution in [0.15, 0.2) is 84.9 Å². The molecule has 0 spiro atoms. The molecule has 0 radical (unpaired) electrons. The molecule has 2 heterocycles. The fraction of sp³-hybridized carbons (Fsp3) is 0.344. The first kappa shape index (κ1) is 24.3. The van der Waals surface area contributed by atoms with Crippen molar-refractivity contribution in [2.45, 2.75) is 51.6 Å². The van der Waals surface area contributed by atoms with Crippen molar-refractivity contribution in [2.75, 3.05) is 13.1 Å². The number of rotatable bonds is 8. The summed E-state index contributed by atoms with van der Waals surface area (Å²) in [7, 11) is 0. The van der Waals surface area contributed by atoms with Gasteiger partial charge >= 0.3 is 0 Å². The van der Waals surface area contributed by atoms with Crippen LogP contribution in [0.1, 0.15) is 72.8 Å². The average Bonchev–Trinajstić information content (AvgIpc) is 3.54. The number of carbonyl (C=O) groups is 1. The second-order valence-corrected chi connectivity index (χ2v) is 10.3. The van der Waals surface area contributed by atoms with Crippen molar-refractivity contribution < 1.29 is 4.79 Å². The Morgan fingerprint density at radius 1 is 0.944 bits per heavy atom. The molecule has 4 nitrogen and oxygen atoms in total. The number of nitrogens with one attached hydrogen (secondary N) is 2. The van der Waals surface area contributed by atoms with Gasteiger partial charge in [-0.3, -0.25) is 4.79 Å². The van der Waals surface area contributed by atoms with Gasteiger partial charge in [-0.05, 0) is 62.9 Å². The molecule has 4 aromatic rings. The van der Waals surface area contributed by atoms with Gasteiger partial charge in [0.15, 0.2) is 0 Å². The third-order valence-corrected chi connectivity index (χ3v) is 7.53. The van der Waals surface area contributed by atoms with Gasteiger partial charge in [-0.25, -0.2) is 0 Å². The maximum Gasteiger partial charge on any atom is 0.268 e. The maximum atomic E-state index is 14.1. The second kappa shape index (κ2) is 10.7. The molecule has 1 saturated heterocycles. The lowest BCUT2D eigenvalue weighted by atomic mass is 9.83. The summed E-state index contributed by atoms with van der Waals surface area (Å²) >= 11 is 0. The van der Waals surface area contributed by atoms with E-state index in [1.165, 1.54) is 11.1 Å². The number of nitrogens with zero attached hydrogens (tertiary/aromatic N) is 1. The molecule has 0 aliphatic carbocycles.